The number of allylic oxidation sites excluding steroid dienone is 12. The molecule has 0 rings (SSSR count). The molecule has 0 aliphatic heterocycles. The molecular weight excluding hydrogens is 863 g/mol. The summed E-state index contributed by atoms with van der Waals surface area (Å²) in [6, 6.07) is 0. The van der Waals surface area contributed by atoms with Gasteiger partial charge < -0.3 is 33.3 Å². The summed E-state index contributed by atoms with van der Waals surface area (Å²) < 4.78 is 22.6. The number of nitrogens with zero attached hydrogens (tertiary/aromatic N) is 1. The number of likely N-dealkylation sites (N-methyl/N-ethyl adjacent to an activating group) is 1. The Bertz CT molecular complexity index is 1360. The third kappa shape index (κ3) is 52.4. The van der Waals surface area contributed by atoms with E-state index in [0.717, 1.165) is 89.9 Å². The number of quaternary nitrogens is 1. The number of hydrogen-bond acceptors (Lipinski definition) is 8. The van der Waals surface area contributed by atoms with Crippen LogP contribution in [0.15, 0.2) is 72.9 Å². The van der Waals surface area contributed by atoms with E-state index < -0.39 is 24.3 Å². The number of aliphatic carboxylic acids is 1. The van der Waals surface area contributed by atoms with E-state index >= 15 is 0 Å². The Morgan fingerprint density at radius 1 is 0.449 bits per heavy atom. The van der Waals surface area contributed by atoms with Crippen LogP contribution in [0, 0.1) is 0 Å². The predicted molar refractivity (Wildman–Crippen MR) is 288 cm³/mol. The van der Waals surface area contributed by atoms with E-state index in [-0.39, 0.29) is 38.6 Å². The van der Waals surface area contributed by atoms with Crippen molar-refractivity contribution in [2.24, 2.45) is 0 Å². The van der Waals surface area contributed by atoms with E-state index in [9.17, 15) is 19.5 Å². The lowest BCUT2D eigenvalue weighted by Crippen LogP contribution is -2.44. The van der Waals surface area contributed by atoms with E-state index in [4.69, 9.17) is 18.9 Å². The number of carboxylic acids is 1. The van der Waals surface area contributed by atoms with Gasteiger partial charge in [0.2, 0.25) is 0 Å². The molecule has 0 aromatic heterocycles. The van der Waals surface area contributed by atoms with Gasteiger partial charge in [-0.15, -0.1) is 0 Å². The Balaban J connectivity index is 4.15. The van der Waals surface area contributed by atoms with Crippen LogP contribution in [0.4, 0.5) is 0 Å². The van der Waals surface area contributed by atoms with Crippen molar-refractivity contribution in [2.75, 3.05) is 47.5 Å². The van der Waals surface area contributed by atoms with Crippen LogP contribution in [-0.2, 0) is 33.3 Å². The summed E-state index contributed by atoms with van der Waals surface area (Å²) in [7, 11) is 5.91. The van der Waals surface area contributed by atoms with Gasteiger partial charge in [-0.1, -0.05) is 209 Å². The average Bonchev–Trinajstić information content (AvgIpc) is 3.31. The molecule has 0 aromatic carbocycles. The van der Waals surface area contributed by atoms with Gasteiger partial charge in [0.15, 0.2) is 12.4 Å². The van der Waals surface area contributed by atoms with Gasteiger partial charge >= 0.3 is 11.9 Å². The molecule has 0 aromatic rings. The lowest BCUT2D eigenvalue weighted by Gasteiger charge is -2.26. The molecule has 0 aliphatic carbocycles. The molecular formula is C60H105NO8. The number of hydrogen-bond donors (Lipinski definition) is 0. The second-order valence-electron chi connectivity index (χ2n) is 19.8. The molecule has 0 saturated carbocycles. The Labute approximate surface area is 424 Å². The highest BCUT2D eigenvalue weighted by molar-refractivity contribution is 5.70. The maximum absolute atomic E-state index is 12.8. The summed E-state index contributed by atoms with van der Waals surface area (Å²) in [4.78, 5) is 37.2. The van der Waals surface area contributed by atoms with Gasteiger partial charge in [0.1, 0.15) is 13.2 Å². The normalized spacial score (nSPS) is 13.3. The molecule has 9 nitrogen and oxygen atoms in total. The standard InChI is InChI=1S/C60H105NO8/c1-6-8-10-12-14-16-18-20-21-22-23-24-25-26-27-28-29-30-31-32-33-34-35-36-37-39-41-43-45-47-49-51-58(63)69-56(55-68-60(59(64)65)66-53-52-61(3,4)5)54-67-57(62)50-48-46-44-42-40-38-19-17-15-13-11-9-7-2/h8,10,14,16-17,19-21,23-24,26-27,56,60H,6-7,9,11-13,15,18,22,25,28-55H2,1-5H3/b10-8-,16-14-,19-17-,21-20-,24-23-,27-26-. The van der Waals surface area contributed by atoms with Crippen molar-refractivity contribution in [3.8, 4) is 0 Å². The molecule has 0 radical (unpaired) electrons. The SMILES string of the molecule is CC/C=C\C/C=C\C/C=C\C/C=C\C/C=C\CCCCCCCCCCCCCCCCCC(=O)OC(COC(=O)CCCCCCC/C=C\CCCCCC)COC(OCC[N+](C)(C)C)C(=O)[O-]. The van der Waals surface area contributed by atoms with Crippen molar-refractivity contribution in [1.82, 2.24) is 0 Å². The zero-order chi connectivity index (χ0) is 50.6. The van der Waals surface area contributed by atoms with Gasteiger partial charge in [-0.25, -0.2) is 0 Å². The highest BCUT2D eigenvalue weighted by atomic mass is 16.7. The molecule has 398 valence electrons. The quantitative estimate of drug-likeness (QED) is 0.0195. The number of ether oxygens (including phenoxy) is 4. The van der Waals surface area contributed by atoms with Crippen molar-refractivity contribution in [3.05, 3.63) is 72.9 Å². The first-order chi connectivity index (χ1) is 33.6. The van der Waals surface area contributed by atoms with Crippen LogP contribution in [0.1, 0.15) is 232 Å². The first-order valence-electron chi connectivity index (χ1n) is 28.1. The second kappa shape index (κ2) is 51.1. The number of rotatable bonds is 51. The largest absolute Gasteiger partial charge is 0.545 e. The van der Waals surface area contributed by atoms with E-state index in [1.54, 1.807) is 0 Å². The summed E-state index contributed by atoms with van der Waals surface area (Å²) in [5, 5.41) is 11.7. The van der Waals surface area contributed by atoms with Crippen LogP contribution in [0.25, 0.3) is 0 Å². The predicted octanol–water partition coefficient (Wildman–Crippen LogP) is 14.9. The van der Waals surface area contributed by atoms with Crippen LogP contribution < -0.4 is 5.11 Å². The molecule has 0 heterocycles. The maximum atomic E-state index is 12.8. The second-order valence-corrected chi connectivity index (χ2v) is 19.8. The summed E-state index contributed by atoms with van der Waals surface area (Å²) >= 11 is 0. The highest BCUT2D eigenvalue weighted by Gasteiger charge is 2.22. The molecule has 9 heteroatoms. The molecule has 2 unspecified atom stereocenters. The minimum atomic E-state index is -1.62. The van der Waals surface area contributed by atoms with Crippen molar-refractivity contribution in [2.45, 2.75) is 245 Å². The number of carboxylic acid groups (broad SMARTS) is 1. The number of unbranched alkanes of at least 4 members (excludes halogenated alkanes) is 24. The smallest absolute Gasteiger partial charge is 0.306 e. The number of carbonyl (C=O) groups excluding carboxylic acids is 3. The molecule has 0 amide bonds. The van der Waals surface area contributed by atoms with Crippen molar-refractivity contribution >= 4 is 17.9 Å². The molecule has 69 heavy (non-hydrogen) atoms. The Kier molecular flexibility index (Phi) is 48.7. The topological polar surface area (TPSA) is 111 Å². The van der Waals surface area contributed by atoms with Gasteiger partial charge in [-0.3, -0.25) is 9.59 Å². The van der Waals surface area contributed by atoms with Gasteiger partial charge in [0.25, 0.3) is 0 Å². The summed E-state index contributed by atoms with van der Waals surface area (Å²) in [5.41, 5.74) is 0. The van der Waals surface area contributed by atoms with Crippen LogP contribution >= 0.6 is 0 Å². The Hall–Kier alpha value is -3.27. The van der Waals surface area contributed by atoms with Crippen molar-refractivity contribution < 1.29 is 42.9 Å². The molecule has 0 aliphatic rings. The zero-order valence-corrected chi connectivity index (χ0v) is 45.2. The van der Waals surface area contributed by atoms with Gasteiger partial charge in [-0.05, 0) is 83.5 Å². The summed E-state index contributed by atoms with van der Waals surface area (Å²) in [5.74, 6) is -2.29. The molecule has 0 N–H and O–H groups in total. The fourth-order valence-corrected chi connectivity index (χ4v) is 7.62. The first kappa shape index (κ1) is 65.7. The average molecular weight is 968 g/mol. The van der Waals surface area contributed by atoms with Crippen molar-refractivity contribution in [3.63, 3.8) is 0 Å². The minimum absolute atomic E-state index is 0.145. The van der Waals surface area contributed by atoms with Crippen molar-refractivity contribution in [1.29, 1.82) is 0 Å². The molecule has 0 saturated heterocycles. The Morgan fingerprint density at radius 2 is 0.826 bits per heavy atom. The number of carbonyl (C=O) groups is 3. The summed E-state index contributed by atoms with van der Waals surface area (Å²) in [6.45, 7) is 4.61. The fraction of sp³-hybridized carbons (Fsp3) is 0.750. The molecule has 0 bridgehead atoms. The zero-order valence-electron chi connectivity index (χ0n) is 45.2. The van der Waals surface area contributed by atoms with Crippen LogP contribution in [0.2, 0.25) is 0 Å². The van der Waals surface area contributed by atoms with E-state index in [1.165, 1.54) is 109 Å². The van der Waals surface area contributed by atoms with Crippen LogP contribution in [0.5, 0.6) is 0 Å². The maximum Gasteiger partial charge on any atom is 0.306 e. The third-order valence-corrected chi connectivity index (χ3v) is 11.9. The lowest BCUT2D eigenvalue weighted by molar-refractivity contribution is -0.870. The molecule has 0 fully saturated rings. The van der Waals surface area contributed by atoms with Crippen LogP contribution in [0.3, 0.4) is 0 Å². The summed E-state index contributed by atoms with van der Waals surface area (Å²) in [6.07, 6.45) is 62.4. The lowest BCUT2D eigenvalue weighted by atomic mass is 10.0. The van der Waals surface area contributed by atoms with Gasteiger partial charge in [0, 0.05) is 12.8 Å². The third-order valence-electron chi connectivity index (χ3n) is 11.9. The van der Waals surface area contributed by atoms with Crippen LogP contribution in [-0.4, -0.2) is 82.3 Å². The van der Waals surface area contributed by atoms with Gasteiger partial charge in [0.05, 0.1) is 40.3 Å². The fourth-order valence-electron chi connectivity index (χ4n) is 7.62. The first-order valence-corrected chi connectivity index (χ1v) is 28.1. The van der Waals surface area contributed by atoms with E-state index in [1.807, 2.05) is 21.1 Å². The van der Waals surface area contributed by atoms with Gasteiger partial charge in [-0.2, -0.15) is 0 Å². The minimum Gasteiger partial charge on any atom is -0.545 e. The number of esters is 2. The molecule has 0 spiro atoms. The molecule has 2 atom stereocenters. The Morgan fingerprint density at radius 3 is 1.25 bits per heavy atom. The monoisotopic (exact) mass is 968 g/mol. The highest BCUT2D eigenvalue weighted by Crippen LogP contribution is 2.16. The van der Waals surface area contributed by atoms with E-state index in [0.29, 0.717) is 17.4 Å². The van der Waals surface area contributed by atoms with E-state index in [2.05, 4.69) is 86.8 Å².